The average molecular weight is 627 g/mol. The van der Waals surface area contributed by atoms with E-state index < -0.39 is 60.0 Å². The van der Waals surface area contributed by atoms with E-state index in [2.05, 4.69) is 16.0 Å². The third-order valence-corrected chi connectivity index (χ3v) is 8.47. The highest BCUT2D eigenvalue weighted by molar-refractivity contribution is 5.94. The molecule has 0 bridgehead atoms. The fourth-order valence-electron chi connectivity index (χ4n) is 5.93. The summed E-state index contributed by atoms with van der Waals surface area (Å²) >= 11 is 0. The predicted octanol–water partition coefficient (Wildman–Crippen LogP) is 3.44. The van der Waals surface area contributed by atoms with Crippen LogP contribution < -0.4 is 16.0 Å². The summed E-state index contributed by atoms with van der Waals surface area (Å²) in [6, 6.07) is 20.8. The van der Waals surface area contributed by atoms with Crippen molar-refractivity contribution in [1.29, 1.82) is 0 Å². The quantitative estimate of drug-likeness (QED) is 0.309. The molecule has 46 heavy (non-hydrogen) atoms. The molecule has 1 aliphatic heterocycles. The molecule has 4 amide bonds. The van der Waals surface area contributed by atoms with Crippen molar-refractivity contribution in [3.05, 3.63) is 95.6 Å². The number of ether oxygens (including phenoxy) is 2. The highest BCUT2D eigenvalue weighted by Gasteiger charge is 2.41. The largest absolute Gasteiger partial charge is 0.462 e. The molecule has 11 nitrogen and oxygen atoms in total. The first-order chi connectivity index (χ1) is 22.1. The van der Waals surface area contributed by atoms with Gasteiger partial charge in [0, 0.05) is 5.92 Å². The van der Waals surface area contributed by atoms with Crippen LogP contribution in [-0.2, 0) is 28.7 Å². The number of benzene rings is 3. The topological polar surface area (TPSA) is 143 Å². The lowest BCUT2D eigenvalue weighted by Crippen LogP contribution is -2.59. The maximum atomic E-state index is 13.5. The van der Waals surface area contributed by atoms with Crippen molar-refractivity contribution in [1.82, 2.24) is 20.9 Å². The average Bonchev–Trinajstić information content (AvgIpc) is 3.38. The molecule has 1 heterocycles. The summed E-state index contributed by atoms with van der Waals surface area (Å²) in [5, 5.41) is 7.71. The normalized spacial score (nSPS) is 19.0. The Balaban J connectivity index is 1.12. The number of esters is 1. The number of hydrogen-bond acceptors (Lipinski definition) is 7. The van der Waals surface area contributed by atoms with Gasteiger partial charge in [-0.2, -0.15) is 0 Å². The van der Waals surface area contributed by atoms with Crippen LogP contribution in [0.5, 0.6) is 0 Å². The molecule has 3 aromatic rings. The summed E-state index contributed by atoms with van der Waals surface area (Å²) in [4.78, 5) is 65.7. The van der Waals surface area contributed by atoms with Gasteiger partial charge in [0.15, 0.2) is 0 Å². The van der Waals surface area contributed by atoms with Crippen molar-refractivity contribution in [3.8, 4) is 11.1 Å². The molecular formula is C35H38N4O7. The Labute approximate surface area is 267 Å². The fourth-order valence-corrected chi connectivity index (χ4v) is 5.93. The minimum absolute atomic E-state index is 0.000612. The molecule has 3 N–H and O–H groups in total. The van der Waals surface area contributed by atoms with Gasteiger partial charge >= 0.3 is 12.1 Å². The summed E-state index contributed by atoms with van der Waals surface area (Å²) < 4.78 is 10.8. The lowest BCUT2D eigenvalue weighted by molar-refractivity contribution is -0.169. The van der Waals surface area contributed by atoms with Gasteiger partial charge in [-0.25, -0.2) is 9.59 Å². The maximum Gasteiger partial charge on any atom is 0.407 e. The smallest absolute Gasteiger partial charge is 0.407 e. The zero-order valence-electron chi connectivity index (χ0n) is 26.2. The molecule has 3 aromatic carbocycles. The SMILES string of the molecule is CC(NC(=O)OCC1c2ccccc2-c2ccccc21)C(=O)N[C@@H](C)C(=O)N[C@@H](C)C(=O)N1[C@@H](C)C(=O)OC[C@H]1c1ccccc1. The number of carbonyl (C=O) groups excluding carboxylic acids is 5. The molecule has 1 unspecified atom stereocenters. The van der Waals surface area contributed by atoms with E-state index in [1.807, 2.05) is 78.9 Å². The zero-order chi connectivity index (χ0) is 33.0. The third-order valence-electron chi connectivity index (χ3n) is 8.47. The van der Waals surface area contributed by atoms with Crippen LogP contribution >= 0.6 is 0 Å². The van der Waals surface area contributed by atoms with Crippen LogP contribution in [0.3, 0.4) is 0 Å². The Morgan fingerprint density at radius 2 is 1.30 bits per heavy atom. The number of carbonyl (C=O) groups is 5. The number of hydrogen-bond donors (Lipinski definition) is 3. The minimum atomic E-state index is -1.02. The van der Waals surface area contributed by atoms with E-state index in [9.17, 15) is 24.0 Å². The van der Waals surface area contributed by atoms with Crippen molar-refractivity contribution in [2.45, 2.75) is 63.8 Å². The first-order valence-corrected chi connectivity index (χ1v) is 15.3. The first-order valence-electron chi connectivity index (χ1n) is 15.3. The van der Waals surface area contributed by atoms with E-state index in [1.165, 1.54) is 25.7 Å². The van der Waals surface area contributed by atoms with Gasteiger partial charge in [0.25, 0.3) is 0 Å². The monoisotopic (exact) mass is 626 g/mol. The van der Waals surface area contributed by atoms with Crippen molar-refractivity contribution in [3.63, 3.8) is 0 Å². The second-order valence-corrected chi connectivity index (χ2v) is 11.6. The van der Waals surface area contributed by atoms with Crippen LogP contribution in [0.1, 0.15) is 56.3 Å². The Hall–Kier alpha value is -5.19. The number of fused-ring (bicyclic) bond motifs is 3. The van der Waals surface area contributed by atoms with Gasteiger partial charge in [-0.15, -0.1) is 0 Å². The van der Waals surface area contributed by atoms with E-state index in [0.717, 1.165) is 27.8 Å². The van der Waals surface area contributed by atoms with Crippen LogP contribution in [0.2, 0.25) is 0 Å². The highest BCUT2D eigenvalue weighted by atomic mass is 16.5. The fraction of sp³-hybridized carbons (Fsp3) is 0.343. The van der Waals surface area contributed by atoms with Crippen molar-refractivity contribution >= 4 is 29.8 Å². The Morgan fingerprint density at radius 3 is 1.91 bits per heavy atom. The Kier molecular flexibility index (Phi) is 9.69. The van der Waals surface area contributed by atoms with E-state index in [-0.39, 0.29) is 19.1 Å². The van der Waals surface area contributed by atoms with E-state index in [0.29, 0.717) is 0 Å². The van der Waals surface area contributed by atoms with E-state index >= 15 is 0 Å². The molecule has 5 atom stereocenters. The molecule has 1 aliphatic carbocycles. The molecule has 5 rings (SSSR count). The zero-order valence-corrected chi connectivity index (χ0v) is 26.2. The standard InChI is InChI=1S/C35H38N4O7/c1-20(31(40)37-22(3)33(42)39-23(4)34(43)45-19-30(39)24-12-6-5-7-13-24)36-32(41)21(2)38-35(44)46-18-29-27-16-10-8-14-25(27)26-15-9-11-17-28(26)29/h5-17,20-23,29-30H,18-19H2,1-4H3,(H,36,41)(H,37,40)(H,38,44)/t20-,21?,22-,23-,30-/m0/s1. The van der Waals surface area contributed by atoms with Crippen LogP contribution in [0.4, 0.5) is 4.79 Å². The van der Waals surface area contributed by atoms with Gasteiger partial charge in [-0.3, -0.25) is 14.4 Å². The van der Waals surface area contributed by atoms with Crippen LogP contribution in [-0.4, -0.2) is 72.1 Å². The van der Waals surface area contributed by atoms with E-state index in [4.69, 9.17) is 9.47 Å². The summed E-state index contributed by atoms with van der Waals surface area (Å²) in [6.07, 6.45) is -0.761. The molecule has 0 radical (unpaired) electrons. The second kappa shape index (κ2) is 13.8. The first kappa shape index (κ1) is 32.2. The van der Waals surface area contributed by atoms with Crippen molar-refractivity contribution in [2.75, 3.05) is 13.2 Å². The number of rotatable bonds is 9. The van der Waals surface area contributed by atoms with Gasteiger partial charge in [-0.1, -0.05) is 78.9 Å². The van der Waals surface area contributed by atoms with Gasteiger partial charge in [-0.05, 0) is 55.5 Å². The molecular weight excluding hydrogens is 588 g/mol. The van der Waals surface area contributed by atoms with Crippen LogP contribution in [0, 0.1) is 0 Å². The molecule has 0 saturated carbocycles. The molecule has 0 spiro atoms. The van der Waals surface area contributed by atoms with Crippen molar-refractivity contribution in [2.24, 2.45) is 0 Å². The summed E-state index contributed by atoms with van der Waals surface area (Å²) in [5.74, 6) is -2.33. The molecule has 0 aromatic heterocycles. The van der Waals surface area contributed by atoms with Gasteiger partial charge < -0.3 is 30.3 Å². The predicted molar refractivity (Wildman–Crippen MR) is 169 cm³/mol. The molecule has 11 heteroatoms. The number of amides is 4. The molecule has 240 valence electrons. The van der Waals surface area contributed by atoms with Crippen molar-refractivity contribution < 1.29 is 33.4 Å². The molecule has 1 saturated heterocycles. The van der Waals surface area contributed by atoms with Gasteiger partial charge in [0.1, 0.15) is 37.4 Å². The lowest BCUT2D eigenvalue weighted by Gasteiger charge is -2.40. The third kappa shape index (κ3) is 6.73. The Morgan fingerprint density at radius 1 is 0.783 bits per heavy atom. The van der Waals surface area contributed by atoms with Gasteiger partial charge in [0.2, 0.25) is 17.7 Å². The number of morpholine rings is 1. The van der Waals surface area contributed by atoms with E-state index in [1.54, 1.807) is 6.92 Å². The lowest BCUT2D eigenvalue weighted by atomic mass is 9.98. The summed E-state index contributed by atoms with van der Waals surface area (Å²) in [5.41, 5.74) is 5.15. The summed E-state index contributed by atoms with van der Waals surface area (Å²) in [6.45, 7) is 6.15. The molecule has 1 fully saturated rings. The number of alkyl carbamates (subject to hydrolysis) is 1. The molecule has 2 aliphatic rings. The number of nitrogens with zero attached hydrogens (tertiary/aromatic N) is 1. The van der Waals surface area contributed by atoms with Crippen LogP contribution in [0.25, 0.3) is 11.1 Å². The Bertz CT molecular complexity index is 1580. The van der Waals surface area contributed by atoms with Crippen LogP contribution in [0.15, 0.2) is 78.9 Å². The second-order valence-electron chi connectivity index (χ2n) is 11.6. The number of nitrogens with one attached hydrogen (secondary N) is 3. The highest BCUT2D eigenvalue weighted by Crippen LogP contribution is 2.44. The van der Waals surface area contributed by atoms with Gasteiger partial charge in [0.05, 0.1) is 6.04 Å². The maximum absolute atomic E-state index is 13.5. The minimum Gasteiger partial charge on any atom is -0.462 e. The number of cyclic esters (lactones) is 1. The summed E-state index contributed by atoms with van der Waals surface area (Å²) in [7, 11) is 0.